The lowest BCUT2D eigenvalue weighted by atomic mass is 9.72. The Morgan fingerprint density at radius 3 is 2.67 bits per heavy atom. The number of hydrogen-bond donors (Lipinski definition) is 0. The monoisotopic (exact) mass is 247 g/mol. The van der Waals surface area contributed by atoms with Gasteiger partial charge in [-0.15, -0.1) is 0 Å². The summed E-state index contributed by atoms with van der Waals surface area (Å²) < 4.78 is 6.09. The van der Waals surface area contributed by atoms with Gasteiger partial charge in [0.2, 0.25) is 0 Å². The molecule has 0 bridgehead atoms. The Kier molecular flexibility index (Phi) is 4.06. The van der Waals surface area contributed by atoms with Gasteiger partial charge in [0.05, 0.1) is 5.60 Å². The van der Waals surface area contributed by atoms with Crippen LogP contribution >= 0.6 is 0 Å². The van der Waals surface area contributed by atoms with Gasteiger partial charge in [-0.1, -0.05) is 32.4 Å². The molecule has 0 aromatic heterocycles. The lowest BCUT2D eigenvalue weighted by Crippen LogP contribution is -2.42. The summed E-state index contributed by atoms with van der Waals surface area (Å²) in [5.74, 6) is 0. The van der Waals surface area contributed by atoms with E-state index in [9.17, 15) is 0 Å². The number of nitrogens with zero attached hydrogens (tertiary/aromatic N) is 1. The van der Waals surface area contributed by atoms with Crippen molar-refractivity contribution in [2.45, 2.75) is 58.0 Å². The van der Waals surface area contributed by atoms with E-state index in [0.29, 0.717) is 0 Å². The molecule has 0 N–H and O–H groups in total. The number of ether oxygens (including phenoxy) is 1. The van der Waals surface area contributed by atoms with Crippen molar-refractivity contribution in [1.29, 1.82) is 0 Å². The summed E-state index contributed by atoms with van der Waals surface area (Å²) in [6, 6.07) is 0. The molecule has 100 valence electrons. The van der Waals surface area contributed by atoms with Crippen LogP contribution in [0.15, 0.2) is 29.4 Å². The minimum Gasteiger partial charge on any atom is -0.375 e. The van der Waals surface area contributed by atoms with E-state index in [1.807, 2.05) is 25.3 Å². The highest BCUT2D eigenvalue weighted by Gasteiger charge is 2.46. The molecule has 0 radical (unpaired) electrons. The van der Waals surface area contributed by atoms with E-state index in [1.165, 1.54) is 25.7 Å². The van der Waals surface area contributed by atoms with Crippen LogP contribution in [-0.4, -0.2) is 18.4 Å². The molecule has 2 heteroatoms. The minimum absolute atomic E-state index is 0.112. The van der Waals surface area contributed by atoms with Crippen molar-refractivity contribution in [2.24, 2.45) is 10.4 Å². The zero-order chi connectivity index (χ0) is 13.1. The average Bonchev–Trinajstić information content (AvgIpc) is 2.77. The maximum absolute atomic E-state index is 6.09. The molecule has 18 heavy (non-hydrogen) atoms. The SMILES string of the molecule is C=C(/N=C\C=C/C)[C@]1(C)CCOC2(CCCC2)C1. The molecule has 2 aliphatic rings. The molecule has 2 nitrogen and oxygen atoms in total. The second kappa shape index (κ2) is 5.40. The summed E-state index contributed by atoms with van der Waals surface area (Å²) in [7, 11) is 0. The summed E-state index contributed by atoms with van der Waals surface area (Å²) in [5, 5.41) is 0. The quantitative estimate of drug-likeness (QED) is 0.682. The van der Waals surface area contributed by atoms with Gasteiger partial charge in [0.1, 0.15) is 0 Å². The molecule has 1 aliphatic carbocycles. The van der Waals surface area contributed by atoms with Crippen LogP contribution in [0.1, 0.15) is 52.4 Å². The molecule has 1 saturated heterocycles. The first kappa shape index (κ1) is 13.5. The van der Waals surface area contributed by atoms with Gasteiger partial charge in [0.25, 0.3) is 0 Å². The van der Waals surface area contributed by atoms with E-state index in [0.717, 1.165) is 25.1 Å². The maximum Gasteiger partial charge on any atom is 0.0691 e. The first-order valence-corrected chi connectivity index (χ1v) is 7.09. The van der Waals surface area contributed by atoms with E-state index in [1.54, 1.807) is 0 Å². The third kappa shape index (κ3) is 2.74. The van der Waals surface area contributed by atoms with Crippen molar-refractivity contribution in [3.63, 3.8) is 0 Å². The Morgan fingerprint density at radius 2 is 2.00 bits per heavy atom. The van der Waals surface area contributed by atoms with Crippen LogP contribution in [0, 0.1) is 5.41 Å². The zero-order valence-electron chi connectivity index (χ0n) is 11.7. The van der Waals surface area contributed by atoms with Gasteiger partial charge in [0.15, 0.2) is 0 Å². The third-order valence-corrected chi connectivity index (χ3v) is 4.49. The first-order valence-electron chi connectivity index (χ1n) is 7.09. The minimum atomic E-state index is 0.112. The summed E-state index contributed by atoms with van der Waals surface area (Å²) >= 11 is 0. The Hall–Kier alpha value is -0.890. The van der Waals surface area contributed by atoms with Gasteiger partial charge in [-0.2, -0.15) is 0 Å². The van der Waals surface area contributed by atoms with E-state index in [-0.39, 0.29) is 11.0 Å². The molecule has 0 aromatic carbocycles. The number of hydrogen-bond acceptors (Lipinski definition) is 2. The topological polar surface area (TPSA) is 21.6 Å². The van der Waals surface area contributed by atoms with Crippen LogP contribution in [0.2, 0.25) is 0 Å². The smallest absolute Gasteiger partial charge is 0.0691 e. The van der Waals surface area contributed by atoms with Gasteiger partial charge >= 0.3 is 0 Å². The van der Waals surface area contributed by atoms with Gasteiger partial charge in [-0.25, -0.2) is 0 Å². The highest BCUT2D eigenvalue weighted by molar-refractivity contribution is 5.72. The lowest BCUT2D eigenvalue weighted by molar-refractivity contribution is -0.109. The van der Waals surface area contributed by atoms with Gasteiger partial charge in [-0.05, 0) is 38.7 Å². The largest absolute Gasteiger partial charge is 0.375 e. The molecular formula is C16H25NO. The lowest BCUT2D eigenvalue weighted by Gasteiger charge is -2.44. The van der Waals surface area contributed by atoms with Gasteiger partial charge in [0, 0.05) is 23.9 Å². The molecule has 1 atom stereocenters. The molecule has 1 spiro atoms. The summed E-state index contributed by atoms with van der Waals surface area (Å²) in [6.07, 6.45) is 13.0. The van der Waals surface area contributed by atoms with Gasteiger partial charge in [-0.3, -0.25) is 4.99 Å². The fraction of sp³-hybridized carbons (Fsp3) is 0.688. The normalized spacial score (nSPS) is 31.7. The molecule has 2 rings (SSSR count). The fourth-order valence-corrected chi connectivity index (χ4v) is 3.30. The zero-order valence-corrected chi connectivity index (χ0v) is 11.7. The predicted molar refractivity (Wildman–Crippen MR) is 76.9 cm³/mol. The van der Waals surface area contributed by atoms with E-state index >= 15 is 0 Å². The standard InChI is InChI=1S/C16H25NO/c1-4-5-11-17-14(2)15(3)10-12-18-16(13-15)8-6-7-9-16/h4-5,11H,2,6-10,12-13H2,1,3H3/b5-4-,17-11-/t15-/m1/s1. The van der Waals surface area contributed by atoms with Gasteiger partial charge < -0.3 is 4.74 Å². The average molecular weight is 247 g/mol. The molecular weight excluding hydrogens is 222 g/mol. The molecule has 0 unspecified atom stereocenters. The molecule has 1 saturated carbocycles. The number of rotatable bonds is 3. The predicted octanol–water partition coefficient (Wildman–Crippen LogP) is 4.28. The van der Waals surface area contributed by atoms with Crippen LogP contribution in [0.5, 0.6) is 0 Å². The molecule has 1 heterocycles. The first-order chi connectivity index (χ1) is 8.60. The van der Waals surface area contributed by atoms with Crippen molar-refractivity contribution in [2.75, 3.05) is 6.61 Å². The summed E-state index contributed by atoms with van der Waals surface area (Å²) in [6.45, 7) is 9.34. The van der Waals surface area contributed by atoms with Crippen molar-refractivity contribution < 1.29 is 4.74 Å². The van der Waals surface area contributed by atoms with E-state index in [2.05, 4.69) is 18.5 Å². The Morgan fingerprint density at radius 1 is 1.28 bits per heavy atom. The van der Waals surface area contributed by atoms with E-state index in [4.69, 9.17) is 4.74 Å². The van der Waals surface area contributed by atoms with Crippen molar-refractivity contribution in [1.82, 2.24) is 0 Å². The maximum atomic E-state index is 6.09. The van der Waals surface area contributed by atoms with Crippen LogP contribution in [0.25, 0.3) is 0 Å². The summed E-state index contributed by atoms with van der Waals surface area (Å²) in [4.78, 5) is 4.50. The van der Waals surface area contributed by atoms with Crippen LogP contribution in [-0.2, 0) is 4.74 Å². The highest BCUT2D eigenvalue weighted by atomic mass is 16.5. The fourth-order valence-electron chi connectivity index (χ4n) is 3.30. The van der Waals surface area contributed by atoms with Crippen molar-refractivity contribution in [3.05, 3.63) is 24.4 Å². The molecule has 0 aromatic rings. The van der Waals surface area contributed by atoms with E-state index < -0.39 is 0 Å². The van der Waals surface area contributed by atoms with Crippen LogP contribution < -0.4 is 0 Å². The molecule has 2 fully saturated rings. The number of aliphatic imine (C=N–C) groups is 1. The Balaban J connectivity index is 2.07. The second-order valence-electron chi connectivity index (χ2n) is 5.98. The van der Waals surface area contributed by atoms with Crippen LogP contribution in [0.4, 0.5) is 0 Å². The molecule has 0 amide bonds. The van der Waals surface area contributed by atoms with Crippen LogP contribution in [0.3, 0.4) is 0 Å². The second-order valence-corrected chi connectivity index (χ2v) is 5.98. The number of allylic oxidation sites excluding steroid dienone is 3. The highest BCUT2D eigenvalue weighted by Crippen LogP contribution is 2.49. The van der Waals surface area contributed by atoms with Crippen molar-refractivity contribution in [3.8, 4) is 0 Å². The Bertz CT molecular complexity index is 363. The molecule has 1 aliphatic heterocycles. The Labute approximate surface area is 111 Å². The van der Waals surface area contributed by atoms with Crippen molar-refractivity contribution >= 4 is 6.21 Å². The summed E-state index contributed by atoms with van der Waals surface area (Å²) in [5.41, 5.74) is 1.25. The third-order valence-electron chi connectivity index (χ3n) is 4.49.